The Hall–Kier alpha value is -0.420. The maximum absolute atomic E-state index is 12.2. The highest BCUT2D eigenvalue weighted by molar-refractivity contribution is 9.10. The third-order valence-corrected chi connectivity index (χ3v) is 2.22. The molecule has 1 nitrogen and oxygen atoms in total. The average Bonchev–Trinajstić information content (AvgIpc) is 2.01. The second kappa shape index (κ2) is 4.89. The summed E-state index contributed by atoms with van der Waals surface area (Å²) >= 11 is 2.86. The van der Waals surface area contributed by atoms with Crippen molar-refractivity contribution in [2.75, 3.05) is 12.4 Å². The predicted octanol–water partition coefficient (Wildman–Crippen LogP) is 3.93. The van der Waals surface area contributed by atoms with Crippen LogP contribution in [-0.4, -0.2) is 7.05 Å². The van der Waals surface area contributed by atoms with Gasteiger partial charge in [0.15, 0.2) is 0 Å². The molecule has 0 unspecified atom stereocenters. The molecule has 0 aliphatic heterocycles. The van der Waals surface area contributed by atoms with E-state index in [9.17, 15) is 13.2 Å². The molecule has 0 fully saturated rings. The topological polar surface area (TPSA) is 12.0 Å². The number of hydrogen-bond acceptors (Lipinski definition) is 1. The SMILES string of the molecule is CNc1ccc(C(F)(F)F)c(Br)c1.Cl. The van der Waals surface area contributed by atoms with Crippen molar-refractivity contribution in [1.29, 1.82) is 0 Å². The number of anilines is 1. The Morgan fingerprint density at radius 1 is 1.29 bits per heavy atom. The van der Waals surface area contributed by atoms with E-state index in [1.807, 2.05) is 0 Å². The largest absolute Gasteiger partial charge is 0.417 e. The summed E-state index contributed by atoms with van der Waals surface area (Å²) in [5.74, 6) is 0. The first kappa shape index (κ1) is 13.6. The van der Waals surface area contributed by atoms with E-state index in [2.05, 4.69) is 21.2 Å². The van der Waals surface area contributed by atoms with Crippen LogP contribution in [0.15, 0.2) is 22.7 Å². The van der Waals surface area contributed by atoms with E-state index in [-0.39, 0.29) is 16.9 Å². The van der Waals surface area contributed by atoms with Gasteiger partial charge in [-0.25, -0.2) is 0 Å². The zero-order chi connectivity index (χ0) is 10.1. The molecule has 0 spiro atoms. The Labute approximate surface area is 94.2 Å². The van der Waals surface area contributed by atoms with E-state index in [1.54, 1.807) is 7.05 Å². The zero-order valence-corrected chi connectivity index (χ0v) is 9.55. The minimum Gasteiger partial charge on any atom is -0.388 e. The van der Waals surface area contributed by atoms with Crippen LogP contribution in [-0.2, 0) is 6.18 Å². The van der Waals surface area contributed by atoms with Crippen LogP contribution in [0.2, 0.25) is 0 Å². The maximum Gasteiger partial charge on any atom is 0.417 e. The molecule has 0 bridgehead atoms. The van der Waals surface area contributed by atoms with Crippen molar-refractivity contribution in [3.05, 3.63) is 28.2 Å². The van der Waals surface area contributed by atoms with Crippen molar-refractivity contribution in [3.63, 3.8) is 0 Å². The molecule has 1 aromatic carbocycles. The van der Waals surface area contributed by atoms with E-state index >= 15 is 0 Å². The molecule has 6 heteroatoms. The van der Waals surface area contributed by atoms with Crippen LogP contribution in [0.25, 0.3) is 0 Å². The van der Waals surface area contributed by atoms with Gasteiger partial charge in [0.1, 0.15) is 0 Å². The van der Waals surface area contributed by atoms with Crippen molar-refractivity contribution >= 4 is 34.0 Å². The normalized spacial score (nSPS) is 10.6. The third-order valence-electron chi connectivity index (χ3n) is 1.56. The monoisotopic (exact) mass is 289 g/mol. The summed E-state index contributed by atoms with van der Waals surface area (Å²) < 4.78 is 36.7. The van der Waals surface area contributed by atoms with Gasteiger partial charge in [-0.1, -0.05) is 15.9 Å². The molecule has 14 heavy (non-hydrogen) atoms. The third kappa shape index (κ3) is 3.06. The first-order valence-electron chi connectivity index (χ1n) is 3.49. The summed E-state index contributed by atoms with van der Waals surface area (Å²) in [6.45, 7) is 0. The Kier molecular flexibility index (Phi) is 4.74. The van der Waals surface area contributed by atoms with Gasteiger partial charge in [0.05, 0.1) is 5.56 Å². The van der Waals surface area contributed by atoms with Crippen molar-refractivity contribution in [3.8, 4) is 0 Å². The van der Waals surface area contributed by atoms with Crippen molar-refractivity contribution in [1.82, 2.24) is 0 Å². The van der Waals surface area contributed by atoms with Gasteiger partial charge in [-0.2, -0.15) is 13.2 Å². The first-order valence-corrected chi connectivity index (χ1v) is 4.29. The average molecular weight is 291 g/mol. The Morgan fingerprint density at radius 2 is 1.86 bits per heavy atom. The molecule has 0 saturated carbocycles. The highest BCUT2D eigenvalue weighted by Crippen LogP contribution is 2.35. The lowest BCUT2D eigenvalue weighted by Crippen LogP contribution is -2.06. The van der Waals surface area contributed by atoms with Crippen LogP contribution in [0.3, 0.4) is 0 Å². The number of benzene rings is 1. The van der Waals surface area contributed by atoms with Crippen LogP contribution in [0.4, 0.5) is 18.9 Å². The number of alkyl halides is 3. The van der Waals surface area contributed by atoms with Crippen LogP contribution in [0.1, 0.15) is 5.56 Å². The molecule has 1 aromatic rings. The van der Waals surface area contributed by atoms with E-state index < -0.39 is 11.7 Å². The van der Waals surface area contributed by atoms with E-state index in [4.69, 9.17) is 0 Å². The molecule has 0 aliphatic rings. The number of hydrogen-bond donors (Lipinski definition) is 1. The molecule has 0 heterocycles. The van der Waals surface area contributed by atoms with Gasteiger partial charge in [-0.15, -0.1) is 12.4 Å². The Morgan fingerprint density at radius 3 is 2.21 bits per heavy atom. The van der Waals surface area contributed by atoms with Crippen LogP contribution in [0.5, 0.6) is 0 Å². The lowest BCUT2D eigenvalue weighted by Gasteiger charge is -2.09. The first-order chi connectivity index (χ1) is 5.95. The summed E-state index contributed by atoms with van der Waals surface area (Å²) in [6, 6.07) is 3.81. The summed E-state index contributed by atoms with van der Waals surface area (Å²) in [5, 5.41) is 2.75. The molecule has 80 valence electrons. The highest BCUT2D eigenvalue weighted by Gasteiger charge is 2.32. The Bertz CT molecular complexity index is 314. The number of halogens is 5. The van der Waals surface area contributed by atoms with Crippen LogP contribution in [0, 0.1) is 0 Å². The molecular weight excluding hydrogens is 282 g/mol. The minimum atomic E-state index is -4.30. The van der Waals surface area contributed by atoms with E-state index in [0.717, 1.165) is 6.07 Å². The minimum absolute atomic E-state index is 0. The van der Waals surface area contributed by atoms with E-state index in [1.165, 1.54) is 12.1 Å². The molecule has 0 amide bonds. The summed E-state index contributed by atoms with van der Waals surface area (Å²) in [6.07, 6.45) is -4.30. The molecule has 0 saturated heterocycles. The number of rotatable bonds is 1. The number of nitrogens with one attached hydrogen (secondary N) is 1. The maximum atomic E-state index is 12.2. The fourth-order valence-electron chi connectivity index (χ4n) is 0.901. The lowest BCUT2D eigenvalue weighted by atomic mass is 10.2. The second-order valence-corrected chi connectivity index (χ2v) is 3.30. The van der Waals surface area contributed by atoms with Gasteiger partial charge in [-0.05, 0) is 18.2 Å². The van der Waals surface area contributed by atoms with Gasteiger partial charge >= 0.3 is 6.18 Å². The van der Waals surface area contributed by atoms with Crippen molar-refractivity contribution in [2.24, 2.45) is 0 Å². The van der Waals surface area contributed by atoms with Gasteiger partial charge in [0, 0.05) is 17.2 Å². The van der Waals surface area contributed by atoms with Gasteiger partial charge < -0.3 is 5.32 Å². The smallest absolute Gasteiger partial charge is 0.388 e. The highest BCUT2D eigenvalue weighted by atomic mass is 79.9. The quantitative estimate of drug-likeness (QED) is 0.826. The molecule has 0 atom stereocenters. The fraction of sp³-hybridized carbons (Fsp3) is 0.250. The lowest BCUT2D eigenvalue weighted by molar-refractivity contribution is -0.138. The summed E-state index contributed by atoms with van der Waals surface area (Å²) in [4.78, 5) is 0. The van der Waals surface area contributed by atoms with E-state index in [0.29, 0.717) is 5.69 Å². The van der Waals surface area contributed by atoms with Crippen molar-refractivity contribution < 1.29 is 13.2 Å². The molecule has 0 aromatic heterocycles. The van der Waals surface area contributed by atoms with Gasteiger partial charge in [0.2, 0.25) is 0 Å². The van der Waals surface area contributed by atoms with Crippen LogP contribution < -0.4 is 5.32 Å². The predicted molar refractivity (Wildman–Crippen MR) is 55.9 cm³/mol. The Balaban J connectivity index is 0.00000169. The molecule has 0 radical (unpaired) electrons. The molecular formula is C8H8BrClF3N. The molecule has 0 aliphatic carbocycles. The van der Waals surface area contributed by atoms with Gasteiger partial charge in [0.25, 0.3) is 0 Å². The molecule has 1 rings (SSSR count). The standard InChI is InChI=1S/C8H7BrF3N.ClH/c1-13-5-2-3-6(7(9)4-5)8(10,11)12;/h2-4,13H,1H3;1H. The zero-order valence-electron chi connectivity index (χ0n) is 7.15. The second-order valence-electron chi connectivity index (χ2n) is 2.44. The van der Waals surface area contributed by atoms with Crippen LogP contribution >= 0.6 is 28.3 Å². The van der Waals surface area contributed by atoms with Gasteiger partial charge in [-0.3, -0.25) is 0 Å². The molecule has 1 N–H and O–H groups in total. The fourth-order valence-corrected chi connectivity index (χ4v) is 1.50. The summed E-state index contributed by atoms with van der Waals surface area (Å²) in [7, 11) is 1.65. The summed E-state index contributed by atoms with van der Waals surface area (Å²) in [5.41, 5.74) is -0.0219. The van der Waals surface area contributed by atoms with Crippen molar-refractivity contribution in [2.45, 2.75) is 6.18 Å².